The summed E-state index contributed by atoms with van der Waals surface area (Å²) in [6.07, 6.45) is 0.341. The zero-order valence-electron chi connectivity index (χ0n) is 19.5. The Morgan fingerprint density at radius 3 is 2.20 bits per heavy atom. The van der Waals surface area contributed by atoms with E-state index in [1.54, 1.807) is 42.5 Å². The number of benzene rings is 3. The summed E-state index contributed by atoms with van der Waals surface area (Å²) in [5.41, 5.74) is 1.68. The first-order valence-corrected chi connectivity index (χ1v) is 12.3. The third kappa shape index (κ3) is 8.17. The zero-order valence-corrected chi connectivity index (χ0v) is 21.8. The zero-order chi connectivity index (χ0) is 25.4. The van der Waals surface area contributed by atoms with Crippen LogP contribution >= 0.6 is 34.8 Å². The maximum absolute atomic E-state index is 13.5. The van der Waals surface area contributed by atoms with E-state index in [9.17, 15) is 9.59 Å². The Morgan fingerprint density at radius 1 is 0.886 bits per heavy atom. The molecular formula is C27H27Cl3N2O3. The predicted octanol–water partition coefficient (Wildman–Crippen LogP) is 6.19. The third-order valence-corrected chi connectivity index (χ3v) is 6.21. The molecule has 8 heteroatoms. The molecule has 0 fully saturated rings. The Hall–Kier alpha value is -2.73. The second-order valence-electron chi connectivity index (χ2n) is 8.38. The summed E-state index contributed by atoms with van der Waals surface area (Å²) >= 11 is 18.2. The number of carbonyl (C=O) groups excluding carboxylic acids is 2. The van der Waals surface area contributed by atoms with Gasteiger partial charge in [0, 0.05) is 24.0 Å². The lowest BCUT2D eigenvalue weighted by molar-refractivity contribution is -0.143. The molecule has 0 saturated carbocycles. The molecule has 5 nitrogen and oxygen atoms in total. The van der Waals surface area contributed by atoms with Crippen LogP contribution in [0.4, 0.5) is 0 Å². The van der Waals surface area contributed by atoms with Crippen LogP contribution < -0.4 is 10.1 Å². The molecule has 0 aliphatic heterocycles. The largest absolute Gasteiger partial charge is 0.484 e. The van der Waals surface area contributed by atoms with Gasteiger partial charge in [-0.1, -0.05) is 71.2 Å². The summed E-state index contributed by atoms with van der Waals surface area (Å²) in [6, 6.07) is 20.6. The molecule has 3 rings (SSSR count). The van der Waals surface area contributed by atoms with Crippen molar-refractivity contribution in [1.29, 1.82) is 0 Å². The van der Waals surface area contributed by atoms with Gasteiger partial charge in [0.2, 0.25) is 5.91 Å². The van der Waals surface area contributed by atoms with Crippen LogP contribution in [-0.4, -0.2) is 35.4 Å². The van der Waals surface area contributed by atoms with Gasteiger partial charge in [0.15, 0.2) is 6.61 Å². The first-order valence-electron chi connectivity index (χ1n) is 11.2. The van der Waals surface area contributed by atoms with Gasteiger partial charge in [-0.05, 0) is 61.4 Å². The molecule has 0 aromatic heterocycles. The average Bonchev–Trinajstić information content (AvgIpc) is 2.83. The molecule has 35 heavy (non-hydrogen) atoms. The molecule has 3 aromatic carbocycles. The van der Waals surface area contributed by atoms with Crippen LogP contribution in [0.3, 0.4) is 0 Å². The van der Waals surface area contributed by atoms with E-state index in [0.717, 1.165) is 11.1 Å². The van der Waals surface area contributed by atoms with Crippen LogP contribution in [0.25, 0.3) is 0 Å². The van der Waals surface area contributed by atoms with Gasteiger partial charge in [-0.3, -0.25) is 9.59 Å². The fourth-order valence-corrected chi connectivity index (χ4v) is 3.97. The van der Waals surface area contributed by atoms with E-state index in [0.29, 0.717) is 27.2 Å². The van der Waals surface area contributed by atoms with Crippen molar-refractivity contribution in [3.05, 3.63) is 99.0 Å². The van der Waals surface area contributed by atoms with Gasteiger partial charge in [-0.2, -0.15) is 0 Å². The molecule has 1 N–H and O–H groups in total. The molecule has 0 bridgehead atoms. The molecule has 0 aliphatic rings. The Balaban J connectivity index is 1.92. The number of hydrogen-bond donors (Lipinski definition) is 1. The second kappa shape index (κ2) is 12.8. The van der Waals surface area contributed by atoms with Gasteiger partial charge in [0.05, 0.1) is 10.0 Å². The number of nitrogens with zero attached hydrogens (tertiary/aromatic N) is 1. The Bertz CT molecular complexity index is 1140. The van der Waals surface area contributed by atoms with Crippen molar-refractivity contribution in [3.8, 4) is 5.75 Å². The molecule has 3 aromatic rings. The van der Waals surface area contributed by atoms with Crippen molar-refractivity contribution >= 4 is 46.6 Å². The molecule has 0 saturated heterocycles. The van der Waals surface area contributed by atoms with Crippen molar-refractivity contribution in [2.45, 2.75) is 38.9 Å². The number of carbonyl (C=O) groups is 2. The minimum absolute atomic E-state index is 0.0898. The van der Waals surface area contributed by atoms with Gasteiger partial charge in [-0.15, -0.1) is 0 Å². The van der Waals surface area contributed by atoms with Crippen LogP contribution in [0.2, 0.25) is 15.1 Å². The lowest BCUT2D eigenvalue weighted by Crippen LogP contribution is -2.52. The average molecular weight is 534 g/mol. The van der Waals surface area contributed by atoms with Crippen LogP contribution in [0.15, 0.2) is 72.8 Å². The normalized spacial score (nSPS) is 11.7. The highest BCUT2D eigenvalue weighted by atomic mass is 35.5. The Labute approximate surface area is 220 Å². The number of amides is 2. The van der Waals surface area contributed by atoms with Gasteiger partial charge in [0.25, 0.3) is 5.91 Å². The first kappa shape index (κ1) is 26.9. The molecule has 0 radical (unpaired) electrons. The molecule has 184 valence electrons. The number of hydrogen-bond acceptors (Lipinski definition) is 3. The van der Waals surface area contributed by atoms with E-state index in [-0.39, 0.29) is 31.0 Å². The first-order chi connectivity index (χ1) is 16.7. The smallest absolute Gasteiger partial charge is 0.261 e. The predicted molar refractivity (Wildman–Crippen MR) is 141 cm³/mol. The second-order valence-corrected chi connectivity index (χ2v) is 9.63. The highest BCUT2D eigenvalue weighted by Gasteiger charge is 2.31. The summed E-state index contributed by atoms with van der Waals surface area (Å²) in [6.45, 7) is 3.67. The standard InChI is InChI=1S/C27H27Cl3N2O3/c1-18(2)31-27(34)25(15-19-6-4-3-5-7-19)32(16-20-8-13-23(29)24(30)14-20)26(33)17-35-22-11-9-21(28)10-12-22/h3-14,18,25H,15-17H2,1-2H3,(H,31,34)/t25-/m0/s1. The number of halogens is 3. The van der Waals surface area contributed by atoms with Crippen LogP contribution in [-0.2, 0) is 22.6 Å². The maximum Gasteiger partial charge on any atom is 0.261 e. The molecular weight excluding hydrogens is 507 g/mol. The quantitative estimate of drug-likeness (QED) is 0.338. The molecule has 0 unspecified atom stereocenters. The van der Waals surface area contributed by atoms with Crippen molar-refractivity contribution in [1.82, 2.24) is 10.2 Å². The van der Waals surface area contributed by atoms with Gasteiger partial charge in [-0.25, -0.2) is 0 Å². The van der Waals surface area contributed by atoms with E-state index >= 15 is 0 Å². The van der Waals surface area contributed by atoms with E-state index in [1.807, 2.05) is 44.2 Å². The fourth-order valence-electron chi connectivity index (χ4n) is 3.53. The van der Waals surface area contributed by atoms with Gasteiger partial charge >= 0.3 is 0 Å². The lowest BCUT2D eigenvalue weighted by atomic mass is 10.0. The molecule has 0 spiro atoms. The highest BCUT2D eigenvalue weighted by molar-refractivity contribution is 6.42. The van der Waals surface area contributed by atoms with E-state index < -0.39 is 6.04 Å². The van der Waals surface area contributed by atoms with E-state index in [2.05, 4.69) is 5.32 Å². The number of nitrogens with one attached hydrogen (secondary N) is 1. The van der Waals surface area contributed by atoms with Crippen molar-refractivity contribution in [2.75, 3.05) is 6.61 Å². The van der Waals surface area contributed by atoms with Crippen molar-refractivity contribution < 1.29 is 14.3 Å². The summed E-state index contributed by atoms with van der Waals surface area (Å²) in [7, 11) is 0. The molecule has 0 aliphatic carbocycles. The van der Waals surface area contributed by atoms with E-state index in [4.69, 9.17) is 39.5 Å². The minimum Gasteiger partial charge on any atom is -0.484 e. The van der Waals surface area contributed by atoms with Crippen molar-refractivity contribution in [2.24, 2.45) is 0 Å². The Morgan fingerprint density at radius 2 is 1.57 bits per heavy atom. The van der Waals surface area contributed by atoms with Gasteiger partial charge in [0.1, 0.15) is 11.8 Å². The summed E-state index contributed by atoms with van der Waals surface area (Å²) in [5.74, 6) is -0.0851. The van der Waals surface area contributed by atoms with E-state index in [1.165, 1.54) is 4.90 Å². The highest BCUT2D eigenvalue weighted by Crippen LogP contribution is 2.24. The van der Waals surface area contributed by atoms with Gasteiger partial charge < -0.3 is 15.0 Å². The molecule has 2 amide bonds. The third-order valence-electron chi connectivity index (χ3n) is 5.21. The van der Waals surface area contributed by atoms with Crippen molar-refractivity contribution in [3.63, 3.8) is 0 Å². The number of ether oxygens (including phenoxy) is 1. The molecule has 1 atom stereocenters. The summed E-state index contributed by atoms with van der Waals surface area (Å²) in [5, 5.41) is 4.31. The molecule has 0 heterocycles. The SMILES string of the molecule is CC(C)NC(=O)[C@H](Cc1ccccc1)N(Cc1ccc(Cl)c(Cl)c1)C(=O)COc1ccc(Cl)cc1. The topological polar surface area (TPSA) is 58.6 Å². The minimum atomic E-state index is -0.768. The summed E-state index contributed by atoms with van der Waals surface area (Å²) < 4.78 is 5.72. The fraction of sp³-hybridized carbons (Fsp3) is 0.259. The van der Waals surface area contributed by atoms with Crippen LogP contribution in [0.1, 0.15) is 25.0 Å². The summed E-state index contributed by atoms with van der Waals surface area (Å²) in [4.78, 5) is 28.3. The maximum atomic E-state index is 13.5. The Kier molecular flexibility index (Phi) is 9.84. The lowest BCUT2D eigenvalue weighted by Gasteiger charge is -2.32. The van der Waals surface area contributed by atoms with Crippen LogP contribution in [0.5, 0.6) is 5.75 Å². The number of rotatable bonds is 10. The van der Waals surface area contributed by atoms with Crippen LogP contribution in [0, 0.1) is 0 Å². The monoisotopic (exact) mass is 532 g/mol.